The Bertz CT molecular complexity index is 1850. The molecule has 0 spiro atoms. The van der Waals surface area contributed by atoms with Crippen LogP contribution in [0.5, 0.6) is 11.5 Å². The molecular weight excluding hydrogens is 525 g/mol. The number of aromatic nitrogens is 6. The Kier molecular flexibility index (Phi) is 6.60. The van der Waals surface area contributed by atoms with Gasteiger partial charge in [-0.05, 0) is 43.3 Å². The van der Waals surface area contributed by atoms with Crippen LogP contribution in [0, 0.1) is 25.1 Å². The SMILES string of the molecule is C#CC1CN(c2ccc3ncnc(Nc4ccc(Oc5ccn6ncnc6c5)c(C)c4F)c3n2)CCN1C(=O)C=C. The van der Waals surface area contributed by atoms with E-state index in [-0.39, 0.29) is 11.6 Å². The number of amides is 1. The van der Waals surface area contributed by atoms with Crippen LogP contribution in [0.3, 0.4) is 0 Å². The number of anilines is 3. The zero-order valence-electron chi connectivity index (χ0n) is 22.0. The number of carbonyl (C=O) groups is 1. The third-order valence-corrected chi connectivity index (χ3v) is 6.89. The lowest BCUT2D eigenvalue weighted by Gasteiger charge is -2.39. The van der Waals surface area contributed by atoms with Gasteiger partial charge in [0, 0.05) is 30.9 Å². The van der Waals surface area contributed by atoms with Gasteiger partial charge in [-0.1, -0.05) is 12.5 Å². The summed E-state index contributed by atoms with van der Waals surface area (Å²) in [5.74, 6) is 3.84. The van der Waals surface area contributed by atoms with Crippen LogP contribution in [0.15, 0.2) is 67.9 Å². The standard InChI is InChI=1S/C29H24FN9O2/c1-4-19-15-37(12-13-38(19)26(40)5-2)24-9-7-22-28(36-24)29(33-16-31-22)35-21-6-8-23(18(3)27(21)30)41-20-10-11-39-25(14-20)32-17-34-39/h1,5-11,14,16-17,19H,2,12-13,15H2,3H3,(H,31,33,35). The monoisotopic (exact) mass is 549 g/mol. The Balaban J connectivity index is 1.26. The first-order valence-corrected chi connectivity index (χ1v) is 12.7. The maximum absolute atomic E-state index is 15.5. The van der Waals surface area contributed by atoms with Gasteiger partial charge in [0.2, 0.25) is 5.91 Å². The lowest BCUT2D eigenvalue weighted by molar-refractivity contribution is -0.127. The quantitative estimate of drug-likeness (QED) is 0.249. The number of carbonyl (C=O) groups excluding carboxylic acids is 1. The van der Waals surface area contributed by atoms with Crippen molar-refractivity contribution in [3.63, 3.8) is 0 Å². The average Bonchev–Trinajstić information content (AvgIpc) is 3.48. The summed E-state index contributed by atoms with van der Waals surface area (Å²) < 4.78 is 23.1. The first-order chi connectivity index (χ1) is 19.9. The molecule has 1 aromatic carbocycles. The first-order valence-electron chi connectivity index (χ1n) is 12.7. The molecule has 1 atom stereocenters. The van der Waals surface area contributed by atoms with E-state index in [0.717, 1.165) is 0 Å². The van der Waals surface area contributed by atoms with Gasteiger partial charge in [0.1, 0.15) is 41.5 Å². The summed E-state index contributed by atoms with van der Waals surface area (Å²) >= 11 is 0. The molecule has 1 unspecified atom stereocenters. The molecule has 204 valence electrons. The Hall–Kier alpha value is -5.57. The van der Waals surface area contributed by atoms with E-state index in [2.05, 4.69) is 37.9 Å². The van der Waals surface area contributed by atoms with Gasteiger partial charge in [0.05, 0.1) is 17.7 Å². The number of hydrogen-bond acceptors (Lipinski definition) is 9. The summed E-state index contributed by atoms with van der Waals surface area (Å²) in [6.45, 7) is 6.57. The van der Waals surface area contributed by atoms with Crippen LogP contribution in [-0.4, -0.2) is 66.0 Å². The second kappa shape index (κ2) is 10.5. The predicted molar refractivity (Wildman–Crippen MR) is 152 cm³/mol. The molecule has 12 heteroatoms. The number of halogens is 1. The molecule has 5 aromatic rings. The second-order valence-corrected chi connectivity index (χ2v) is 9.33. The molecule has 0 aliphatic carbocycles. The fourth-order valence-corrected chi connectivity index (χ4v) is 4.70. The van der Waals surface area contributed by atoms with Crippen molar-refractivity contribution in [3.8, 4) is 23.8 Å². The van der Waals surface area contributed by atoms with E-state index in [1.54, 1.807) is 46.8 Å². The van der Waals surface area contributed by atoms with Gasteiger partial charge in [-0.15, -0.1) is 6.42 Å². The van der Waals surface area contributed by atoms with Crippen molar-refractivity contribution in [3.05, 3.63) is 79.3 Å². The average molecular weight is 550 g/mol. The van der Waals surface area contributed by atoms with Gasteiger partial charge in [-0.2, -0.15) is 5.10 Å². The molecule has 1 amide bonds. The summed E-state index contributed by atoms with van der Waals surface area (Å²) in [5.41, 5.74) is 2.19. The van der Waals surface area contributed by atoms with Crippen LogP contribution in [0.1, 0.15) is 5.56 Å². The molecule has 11 nitrogen and oxygen atoms in total. The fourth-order valence-electron chi connectivity index (χ4n) is 4.70. The van der Waals surface area contributed by atoms with Crippen LogP contribution in [0.2, 0.25) is 0 Å². The number of ether oxygens (including phenoxy) is 1. The number of rotatable bonds is 6. The summed E-state index contributed by atoms with van der Waals surface area (Å²) in [7, 11) is 0. The van der Waals surface area contributed by atoms with E-state index < -0.39 is 11.9 Å². The van der Waals surface area contributed by atoms with Crippen molar-refractivity contribution >= 4 is 39.9 Å². The summed E-state index contributed by atoms with van der Waals surface area (Å²) in [4.78, 5) is 33.4. The number of pyridine rings is 2. The summed E-state index contributed by atoms with van der Waals surface area (Å²) in [6, 6.07) is 9.94. The molecule has 6 rings (SSSR count). The maximum Gasteiger partial charge on any atom is 0.247 e. The molecule has 0 radical (unpaired) electrons. The molecule has 1 fully saturated rings. The Morgan fingerprint density at radius 3 is 2.90 bits per heavy atom. The maximum atomic E-state index is 15.5. The van der Waals surface area contributed by atoms with E-state index in [1.165, 1.54) is 18.7 Å². The normalized spacial score (nSPS) is 15.1. The van der Waals surface area contributed by atoms with E-state index in [0.29, 0.717) is 65.0 Å². The zero-order valence-corrected chi connectivity index (χ0v) is 22.0. The number of terminal acetylenes is 1. The minimum atomic E-state index is -0.492. The van der Waals surface area contributed by atoms with E-state index >= 15 is 4.39 Å². The van der Waals surface area contributed by atoms with Gasteiger partial charge in [-0.25, -0.2) is 28.8 Å². The summed E-state index contributed by atoms with van der Waals surface area (Å²) in [5, 5.41) is 7.13. The largest absolute Gasteiger partial charge is 0.457 e. The predicted octanol–water partition coefficient (Wildman–Crippen LogP) is 3.89. The zero-order chi connectivity index (χ0) is 28.5. The van der Waals surface area contributed by atoms with Crippen LogP contribution in [-0.2, 0) is 4.79 Å². The molecule has 1 saturated heterocycles. The van der Waals surface area contributed by atoms with Crippen molar-refractivity contribution < 1.29 is 13.9 Å². The van der Waals surface area contributed by atoms with Gasteiger partial charge in [0.25, 0.3) is 0 Å². The fraction of sp³-hybridized carbons (Fsp3) is 0.172. The molecule has 0 saturated carbocycles. The number of nitrogens with one attached hydrogen (secondary N) is 1. The highest BCUT2D eigenvalue weighted by atomic mass is 19.1. The highest BCUT2D eigenvalue weighted by molar-refractivity contribution is 5.89. The highest BCUT2D eigenvalue weighted by Gasteiger charge is 2.29. The molecule has 5 heterocycles. The van der Waals surface area contributed by atoms with E-state index in [1.807, 2.05) is 17.0 Å². The molecule has 1 N–H and O–H groups in total. The van der Waals surface area contributed by atoms with Crippen molar-refractivity contribution in [2.24, 2.45) is 0 Å². The molecule has 1 aliphatic rings. The highest BCUT2D eigenvalue weighted by Crippen LogP contribution is 2.33. The van der Waals surface area contributed by atoms with Crippen LogP contribution in [0.4, 0.5) is 21.7 Å². The molecular formula is C29H24FN9O2. The topological polar surface area (TPSA) is 114 Å². The van der Waals surface area contributed by atoms with E-state index in [9.17, 15) is 4.79 Å². The van der Waals surface area contributed by atoms with Crippen molar-refractivity contribution in [2.45, 2.75) is 13.0 Å². The Morgan fingerprint density at radius 1 is 1.20 bits per heavy atom. The van der Waals surface area contributed by atoms with Crippen LogP contribution in [0.25, 0.3) is 16.7 Å². The number of fused-ring (bicyclic) bond motifs is 2. The number of hydrogen-bond donors (Lipinski definition) is 1. The third kappa shape index (κ3) is 4.85. The van der Waals surface area contributed by atoms with Crippen LogP contribution >= 0.6 is 0 Å². The van der Waals surface area contributed by atoms with Gasteiger partial charge in [0.15, 0.2) is 17.3 Å². The lowest BCUT2D eigenvalue weighted by atomic mass is 10.1. The number of nitrogens with zero attached hydrogens (tertiary/aromatic N) is 8. The van der Waals surface area contributed by atoms with Crippen molar-refractivity contribution in [1.82, 2.24) is 34.4 Å². The van der Waals surface area contributed by atoms with Crippen molar-refractivity contribution in [1.29, 1.82) is 0 Å². The number of benzene rings is 1. The van der Waals surface area contributed by atoms with Crippen molar-refractivity contribution in [2.75, 3.05) is 29.9 Å². The Morgan fingerprint density at radius 2 is 2.07 bits per heavy atom. The van der Waals surface area contributed by atoms with Gasteiger partial charge >= 0.3 is 0 Å². The third-order valence-electron chi connectivity index (χ3n) is 6.89. The molecule has 0 bridgehead atoms. The molecule has 4 aromatic heterocycles. The van der Waals surface area contributed by atoms with Gasteiger partial charge in [-0.3, -0.25) is 4.79 Å². The molecule has 41 heavy (non-hydrogen) atoms. The first kappa shape index (κ1) is 25.7. The minimum Gasteiger partial charge on any atom is -0.457 e. The summed E-state index contributed by atoms with van der Waals surface area (Å²) in [6.07, 6.45) is 11.5. The Labute approximate surface area is 234 Å². The van der Waals surface area contributed by atoms with Gasteiger partial charge < -0.3 is 19.9 Å². The molecule has 1 aliphatic heterocycles. The van der Waals surface area contributed by atoms with E-state index in [4.69, 9.17) is 16.1 Å². The smallest absolute Gasteiger partial charge is 0.247 e. The lowest BCUT2D eigenvalue weighted by Crippen LogP contribution is -2.54. The number of piperazine rings is 1. The van der Waals surface area contributed by atoms with Crippen LogP contribution < -0.4 is 15.0 Å². The minimum absolute atomic E-state index is 0.205. The second-order valence-electron chi connectivity index (χ2n) is 9.33.